The molecular formula is C6H11NO. The zero-order valence-corrected chi connectivity index (χ0v) is 4.89. The number of hydrogen-bond donors (Lipinski definition) is 1. The predicted molar refractivity (Wildman–Crippen MR) is 30.2 cm³/mol. The van der Waals surface area contributed by atoms with E-state index in [9.17, 15) is 0 Å². The van der Waals surface area contributed by atoms with Crippen LogP contribution >= 0.6 is 0 Å². The molecule has 0 spiro atoms. The van der Waals surface area contributed by atoms with E-state index in [0.717, 1.165) is 5.92 Å². The Morgan fingerprint density at radius 3 is 2.75 bits per heavy atom. The lowest BCUT2D eigenvalue weighted by Gasteiger charge is -2.24. The van der Waals surface area contributed by atoms with Crippen molar-refractivity contribution in [2.24, 2.45) is 11.7 Å². The highest BCUT2D eigenvalue weighted by Gasteiger charge is 2.62. The molecule has 2 saturated carbocycles. The minimum absolute atomic E-state index is 0.314. The van der Waals surface area contributed by atoms with Gasteiger partial charge in [0.2, 0.25) is 0 Å². The van der Waals surface area contributed by atoms with E-state index in [1.54, 1.807) is 0 Å². The van der Waals surface area contributed by atoms with Gasteiger partial charge in [0, 0.05) is 0 Å². The number of hydrogen-bond acceptors (Lipinski definition) is 2. The Hall–Kier alpha value is -0.0800. The van der Waals surface area contributed by atoms with Crippen molar-refractivity contribution in [2.75, 3.05) is 6.73 Å². The van der Waals surface area contributed by atoms with Crippen molar-refractivity contribution in [1.82, 2.24) is 0 Å². The van der Waals surface area contributed by atoms with Crippen LogP contribution in [0.25, 0.3) is 0 Å². The molecule has 0 aromatic rings. The number of rotatable bonds is 2. The summed E-state index contributed by atoms with van der Waals surface area (Å²) in [6.07, 6.45) is 3.92. The summed E-state index contributed by atoms with van der Waals surface area (Å²) in [5, 5.41) is 0. The second kappa shape index (κ2) is 1.25. The van der Waals surface area contributed by atoms with Gasteiger partial charge in [-0.25, -0.2) is 0 Å². The Kier molecular flexibility index (Phi) is 0.746. The van der Waals surface area contributed by atoms with Crippen molar-refractivity contribution < 1.29 is 4.74 Å². The molecule has 0 saturated heterocycles. The van der Waals surface area contributed by atoms with Crippen molar-refractivity contribution >= 4 is 0 Å². The largest absolute Gasteiger partial charge is 0.360 e. The van der Waals surface area contributed by atoms with Gasteiger partial charge in [0.1, 0.15) is 0 Å². The van der Waals surface area contributed by atoms with Gasteiger partial charge in [0.25, 0.3) is 0 Å². The molecule has 2 aliphatic rings. The second-order valence-corrected chi connectivity index (χ2v) is 2.82. The van der Waals surface area contributed by atoms with Gasteiger partial charge in [-0.3, -0.25) is 0 Å². The fourth-order valence-electron chi connectivity index (χ4n) is 1.65. The molecule has 2 rings (SSSR count). The summed E-state index contributed by atoms with van der Waals surface area (Å²) in [5.41, 5.74) is 5.54. The summed E-state index contributed by atoms with van der Waals surface area (Å²) < 4.78 is 5.32. The normalized spacial score (nSPS) is 49.9. The van der Waals surface area contributed by atoms with Crippen LogP contribution in [0.1, 0.15) is 19.3 Å². The third-order valence-electron chi connectivity index (χ3n) is 2.46. The lowest BCUT2D eigenvalue weighted by atomic mass is 9.96. The Morgan fingerprint density at radius 1 is 1.75 bits per heavy atom. The minimum atomic E-state index is 0.314. The Balaban J connectivity index is 1.89. The topological polar surface area (TPSA) is 35.2 Å². The van der Waals surface area contributed by atoms with Gasteiger partial charge in [-0.1, -0.05) is 0 Å². The molecule has 2 aliphatic carbocycles. The van der Waals surface area contributed by atoms with Crippen molar-refractivity contribution in [3.8, 4) is 0 Å². The first-order valence-electron chi connectivity index (χ1n) is 3.21. The van der Waals surface area contributed by atoms with Gasteiger partial charge in [-0.2, -0.15) is 0 Å². The van der Waals surface area contributed by atoms with Crippen LogP contribution in [-0.4, -0.2) is 12.3 Å². The summed E-state index contributed by atoms with van der Waals surface area (Å²) in [6, 6.07) is 0. The smallest absolute Gasteiger partial charge is 0.0948 e. The zero-order valence-electron chi connectivity index (χ0n) is 4.89. The molecule has 0 radical (unpaired) electrons. The highest BCUT2D eigenvalue weighted by Crippen LogP contribution is 2.61. The summed E-state index contributed by atoms with van der Waals surface area (Å²) >= 11 is 0. The first kappa shape index (κ1) is 4.77. The third kappa shape index (κ3) is 0.400. The summed E-state index contributed by atoms with van der Waals surface area (Å²) in [4.78, 5) is 0. The average Bonchev–Trinajstić information content (AvgIpc) is 2.19. The van der Waals surface area contributed by atoms with Gasteiger partial charge in [0.15, 0.2) is 0 Å². The molecule has 2 atom stereocenters. The lowest BCUT2D eigenvalue weighted by molar-refractivity contribution is -0.0159. The lowest BCUT2D eigenvalue weighted by Crippen LogP contribution is -2.28. The van der Waals surface area contributed by atoms with Gasteiger partial charge < -0.3 is 10.5 Å². The van der Waals surface area contributed by atoms with Crippen LogP contribution in [0.15, 0.2) is 0 Å². The number of nitrogens with two attached hydrogens (primary N) is 1. The molecule has 8 heavy (non-hydrogen) atoms. The van der Waals surface area contributed by atoms with Crippen molar-refractivity contribution in [3.05, 3.63) is 0 Å². The molecule has 0 heterocycles. The number of fused-ring (bicyclic) bond motifs is 1. The Bertz CT molecular complexity index is 111. The first-order chi connectivity index (χ1) is 3.87. The molecule has 0 amide bonds. The standard InChI is InChI=1S/C6H11NO/c7-4-8-6-2-1-5(6)3-6/h5H,1-4,7H2. The van der Waals surface area contributed by atoms with E-state index in [1.807, 2.05) is 0 Å². The van der Waals surface area contributed by atoms with Gasteiger partial charge in [-0.05, 0) is 25.2 Å². The van der Waals surface area contributed by atoms with Gasteiger partial charge >= 0.3 is 0 Å². The van der Waals surface area contributed by atoms with Crippen LogP contribution in [0.2, 0.25) is 0 Å². The van der Waals surface area contributed by atoms with E-state index in [0.29, 0.717) is 12.3 Å². The van der Waals surface area contributed by atoms with Crippen LogP contribution in [-0.2, 0) is 4.74 Å². The zero-order chi connectivity index (χ0) is 5.61. The molecule has 2 fully saturated rings. The maximum absolute atomic E-state index is 5.32. The molecule has 0 aliphatic heterocycles. The quantitative estimate of drug-likeness (QED) is 0.528. The minimum Gasteiger partial charge on any atom is -0.360 e. The van der Waals surface area contributed by atoms with E-state index in [-0.39, 0.29) is 0 Å². The Labute approximate surface area is 49.0 Å². The van der Waals surface area contributed by atoms with Crippen LogP contribution < -0.4 is 5.73 Å². The van der Waals surface area contributed by atoms with Crippen LogP contribution in [0, 0.1) is 5.92 Å². The average molecular weight is 113 g/mol. The van der Waals surface area contributed by atoms with Gasteiger partial charge in [0.05, 0.1) is 12.3 Å². The monoisotopic (exact) mass is 113 g/mol. The van der Waals surface area contributed by atoms with E-state index >= 15 is 0 Å². The molecule has 2 heteroatoms. The van der Waals surface area contributed by atoms with Crippen molar-refractivity contribution in [1.29, 1.82) is 0 Å². The summed E-state index contributed by atoms with van der Waals surface area (Å²) in [7, 11) is 0. The predicted octanol–water partition coefficient (Wildman–Crippen LogP) is 0.472. The molecule has 0 bridgehead atoms. The fraction of sp³-hybridized carbons (Fsp3) is 1.00. The van der Waals surface area contributed by atoms with E-state index < -0.39 is 0 Å². The first-order valence-corrected chi connectivity index (χ1v) is 3.21. The van der Waals surface area contributed by atoms with Crippen LogP contribution in [0.5, 0.6) is 0 Å². The van der Waals surface area contributed by atoms with E-state index in [4.69, 9.17) is 10.5 Å². The van der Waals surface area contributed by atoms with Gasteiger partial charge in [-0.15, -0.1) is 0 Å². The Morgan fingerprint density at radius 2 is 2.62 bits per heavy atom. The van der Waals surface area contributed by atoms with Crippen molar-refractivity contribution in [2.45, 2.75) is 24.9 Å². The maximum Gasteiger partial charge on any atom is 0.0948 e. The molecule has 0 aromatic carbocycles. The SMILES string of the molecule is NCOC12CCC1C2. The summed E-state index contributed by atoms with van der Waals surface area (Å²) in [5.74, 6) is 0.894. The molecule has 0 aromatic heterocycles. The van der Waals surface area contributed by atoms with Crippen LogP contribution in [0.4, 0.5) is 0 Å². The van der Waals surface area contributed by atoms with E-state index in [1.165, 1.54) is 19.3 Å². The molecule has 2 nitrogen and oxygen atoms in total. The molecule has 2 unspecified atom stereocenters. The van der Waals surface area contributed by atoms with Crippen LogP contribution in [0.3, 0.4) is 0 Å². The van der Waals surface area contributed by atoms with E-state index in [2.05, 4.69) is 0 Å². The number of ether oxygens (including phenoxy) is 1. The fourth-order valence-corrected chi connectivity index (χ4v) is 1.65. The molecule has 2 N–H and O–H groups in total. The highest BCUT2D eigenvalue weighted by atomic mass is 16.5. The third-order valence-corrected chi connectivity index (χ3v) is 2.46. The molecule has 46 valence electrons. The summed E-state index contributed by atoms with van der Waals surface area (Å²) in [6.45, 7) is 0.413. The maximum atomic E-state index is 5.32. The second-order valence-electron chi connectivity index (χ2n) is 2.82. The molecular weight excluding hydrogens is 102 g/mol. The highest BCUT2D eigenvalue weighted by molar-refractivity contribution is 5.13. The van der Waals surface area contributed by atoms with Crippen molar-refractivity contribution in [3.63, 3.8) is 0 Å².